The number of benzene rings is 2. The second-order valence-corrected chi connectivity index (χ2v) is 6.88. The lowest BCUT2D eigenvalue weighted by Crippen LogP contribution is -2.36. The average Bonchev–Trinajstić information content (AvgIpc) is 2.98. The first kappa shape index (κ1) is 20.2. The zero-order chi connectivity index (χ0) is 18.0. The van der Waals surface area contributed by atoms with Crippen molar-refractivity contribution >= 4 is 45.0 Å². The van der Waals surface area contributed by atoms with Crippen LogP contribution in [0.3, 0.4) is 0 Å². The number of likely N-dealkylation sites (N-methyl/N-ethyl adjacent to an activating group) is 1. The number of amides is 1. The van der Waals surface area contributed by atoms with Gasteiger partial charge < -0.3 is 4.90 Å². The molecule has 0 saturated heterocycles. The van der Waals surface area contributed by atoms with Crippen molar-refractivity contribution in [2.75, 3.05) is 32.1 Å². The number of hydrogen-bond acceptors (Lipinski definition) is 4. The van der Waals surface area contributed by atoms with Crippen LogP contribution in [-0.4, -0.2) is 43.0 Å². The van der Waals surface area contributed by atoms with E-state index in [1.54, 1.807) is 11.0 Å². The number of rotatable bonds is 5. The maximum absolute atomic E-state index is 13.4. The van der Waals surface area contributed by atoms with Gasteiger partial charge in [-0.3, -0.25) is 9.69 Å². The molecule has 0 bridgehead atoms. The van der Waals surface area contributed by atoms with Gasteiger partial charge in [-0.15, -0.1) is 12.4 Å². The number of halogens is 3. The molecule has 0 aliphatic rings. The molecule has 0 radical (unpaired) electrons. The van der Waals surface area contributed by atoms with E-state index in [1.165, 1.54) is 47.7 Å². The predicted molar refractivity (Wildman–Crippen MR) is 103 cm³/mol. The number of hydrogen-bond donors (Lipinski definition) is 0. The van der Waals surface area contributed by atoms with Gasteiger partial charge in [0.25, 0.3) is 5.91 Å². The van der Waals surface area contributed by atoms with E-state index in [-0.39, 0.29) is 24.1 Å². The third-order valence-corrected chi connectivity index (χ3v) is 4.72. The summed E-state index contributed by atoms with van der Waals surface area (Å²) in [4.78, 5) is 20.9. The van der Waals surface area contributed by atoms with Gasteiger partial charge in [0.15, 0.2) is 5.13 Å². The molecule has 1 aromatic heterocycles. The largest absolute Gasteiger partial charge is 0.308 e. The van der Waals surface area contributed by atoms with Crippen LogP contribution in [0.15, 0.2) is 42.5 Å². The standard InChI is InChI=1S/C18H17F2N3OS.ClH/c1-22(2)9-10-23(17(24)12-3-5-13(19)6-4-12)18-21-15-8-7-14(20)11-16(15)25-18;/h3-8,11H,9-10H2,1-2H3;1H. The maximum Gasteiger partial charge on any atom is 0.260 e. The predicted octanol–water partition coefficient (Wildman–Crippen LogP) is 4.20. The van der Waals surface area contributed by atoms with Crippen molar-refractivity contribution in [3.8, 4) is 0 Å². The Hall–Kier alpha value is -2.09. The van der Waals surface area contributed by atoms with E-state index in [4.69, 9.17) is 0 Å². The van der Waals surface area contributed by atoms with Crippen molar-refractivity contribution in [1.82, 2.24) is 9.88 Å². The number of nitrogens with zero attached hydrogens (tertiary/aromatic N) is 3. The van der Waals surface area contributed by atoms with Gasteiger partial charge in [0.05, 0.1) is 10.2 Å². The van der Waals surface area contributed by atoms with E-state index in [1.807, 2.05) is 19.0 Å². The molecule has 0 fully saturated rings. The summed E-state index contributed by atoms with van der Waals surface area (Å²) in [7, 11) is 3.82. The number of anilines is 1. The van der Waals surface area contributed by atoms with Crippen molar-refractivity contribution in [3.05, 3.63) is 59.7 Å². The van der Waals surface area contributed by atoms with Crippen molar-refractivity contribution in [2.24, 2.45) is 0 Å². The molecule has 2 aromatic carbocycles. The van der Waals surface area contributed by atoms with Crippen LogP contribution >= 0.6 is 23.7 Å². The minimum absolute atomic E-state index is 0. The monoisotopic (exact) mass is 397 g/mol. The molecule has 3 aromatic rings. The van der Waals surface area contributed by atoms with E-state index < -0.39 is 5.82 Å². The van der Waals surface area contributed by atoms with Crippen molar-refractivity contribution in [2.45, 2.75) is 0 Å². The first-order valence-corrected chi connectivity index (χ1v) is 8.54. The molecule has 0 atom stereocenters. The molecule has 138 valence electrons. The Kier molecular flexibility index (Phi) is 6.63. The molecule has 0 spiro atoms. The third kappa shape index (κ3) is 4.55. The van der Waals surface area contributed by atoms with E-state index >= 15 is 0 Å². The van der Waals surface area contributed by atoms with Crippen molar-refractivity contribution < 1.29 is 13.6 Å². The summed E-state index contributed by atoms with van der Waals surface area (Å²) >= 11 is 1.26. The van der Waals surface area contributed by atoms with Crippen LogP contribution in [0.4, 0.5) is 13.9 Å². The van der Waals surface area contributed by atoms with Crippen LogP contribution in [0.5, 0.6) is 0 Å². The molecule has 0 saturated carbocycles. The molecule has 0 unspecified atom stereocenters. The second-order valence-electron chi connectivity index (χ2n) is 5.88. The first-order valence-electron chi connectivity index (χ1n) is 7.72. The van der Waals surface area contributed by atoms with Crippen LogP contribution in [-0.2, 0) is 0 Å². The Morgan fingerprint density at radius 1 is 1.04 bits per heavy atom. The number of aromatic nitrogens is 1. The zero-order valence-electron chi connectivity index (χ0n) is 14.3. The summed E-state index contributed by atoms with van der Waals surface area (Å²) in [6.45, 7) is 1.06. The van der Waals surface area contributed by atoms with Gasteiger partial charge in [0, 0.05) is 18.7 Å². The number of thiazole rings is 1. The van der Waals surface area contributed by atoms with Gasteiger partial charge in [0.2, 0.25) is 0 Å². The normalized spacial score (nSPS) is 10.8. The fraction of sp³-hybridized carbons (Fsp3) is 0.222. The Balaban J connectivity index is 0.00000243. The highest BCUT2D eigenvalue weighted by Gasteiger charge is 2.21. The van der Waals surface area contributed by atoms with Crippen LogP contribution in [0.1, 0.15) is 10.4 Å². The molecule has 0 aliphatic carbocycles. The molecule has 0 aliphatic heterocycles. The second kappa shape index (κ2) is 8.53. The molecule has 26 heavy (non-hydrogen) atoms. The molecular weight excluding hydrogens is 380 g/mol. The van der Waals surface area contributed by atoms with Crippen molar-refractivity contribution in [1.29, 1.82) is 0 Å². The Morgan fingerprint density at radius 2 is 1.69 bits per heavy atom. The van der Waals surface area contributed by atoms with Gasteiger partial charge >= 0.3 is 0 Å². The lowest BCUT2D eigenvalue weighted by atomic mass is 10.2. The fourth-order valence-electron chi connectivity index (χ4n) is 2.33. The Morgan fingerprint density at radius 3 is 2.35 bits per heavy atom. The van der Waals surface area contributed by atoms with E-state index in [0.29, 0.717) is 34.0 Å². The smallest absolute Gasteiger partial charge is 0.260 e. The van der Waals surface area contributed by atoms with Crippen LogP contribution in [0.2, 0.25) is 0 Å². The lowest BCUT2D eigenvalue weighted by Gasteiger charge is -2.22. The lowest BCUT2D eigenvalue weighted by molar-refractivity contribution is 0.0985. The summed E-state index contributed by atoms with van der Waals surface area (Å²) in [5.41, 5.74) is 1.02. The Bertz CT molecular complexity index is 899. The highest BCUT2D eigenvalue weighted by Crippen LogP contribution is 2.30. The van der Waals surface area contributed by atoms with Crippen LogP contribution in [0, 0.1) is 11.6 Å². The summed E-state index contributed by atoms with van der Waals surface area (Å²) in [5.74, 6) is -0.999. The SMILES string of the molecule is CN(C)CCN(C(=O)c1ccc(F)cc1)c1nc2ccc(F)cc2s1.Cl. The molecular formula is C18H18ClF2N3OS. The third-order valence-electron chi connectivity index (χ3n) is 3.68. The quantitative estimate of drug-likeness (QED) is 0.647. The number of carbonyl (C=O) groups is 1. The van der Waals surface area contributed by atoms with Crippen LogP contribution < -0.4 is 4.90 Å². The number of carbonyl (C=O) groups excluding carboxylic acids is 1. The molecule has 4 nitrogen and oxygen atoms in total. The molecule has 1 heterocycles. The molecule has 3 rings (SSSR count). The highest BCUT2D eigenvalue weighted by atomic mass is 35.5. The molecule has 0 N–H and O–H groups in total. The average molecular weight is 398 g/mol. The minimum Gasteiger partial charge on any atom is -0.308 e. The molecule has 8 heteroatoms. The first-order chi connectivity index (χ1) is 11.9. The summed E-state index contributed by atoms with van der Waals surface area (Å²) in [5, 5.41) is 0.497. The summed E-state index contributed by atoms with van der Waals surface area (Å²) in [6, 6.07) is 9.76. The fourth-order valence-corrected chi connectivity index (χ4v) is 3.35. The summed E-state index contributed by atoms with van der Waals surface area (Å²) in [6.07, 6.45) is 0. The topological polar surface area (TPSA) is 36.4 Å². The van der Waals surface area contributed by atoms with Crippen molar-refractivity contribution in [3.63, 3.8) is 0 Å². The van der Waals surface area contributed by atoms with Gasteiger partial charge in [-0.2, -0.15) is 0 Å². The number of fused-ring (bicyclic) bond motifs is 1. The van der Waals surface area contributed by atoms with E-state index in [0.717, 1.165) is 0 Å². The minimum atomic E-state index is -0.396. The van der Waals surface area contributed by atoms with E-state index in [9.17, 15) is 13.6 Å². The van der Waals surface area contributed by atoms with Gasteiger partial charge in [-0.25, -0.2) is 13.8 Å². The van der Waals surface area contributed by atoms with Gasteiger partial charge in [0.1, 0.15) is 11.6 Å². The molecule has 1 amide bonds. The van der Waals surface area contributed by atoms with Crippen LogP contribution in [0.25, 0.3) is 10.2 Å². The van der Waals surface area contributed by atoms with Gasteiger partial charge in [-0.1, -0.05) is 11.3 Å². The van der Waals surface area contributed by atoms with Gasteiger partial charge in [-0.05, 0) is 56.6 Å². The van der Waals surface area contributed by atoms with E-state index in [2.05, 4.69) is 4.98 Å². The zero-order valence-corrected chi connectivity index (χ0v) is 15.9. The summed E-state index contributed by atoms with van der Waals surface area (Å²) < 4.78 is 27.2. The Labute approximate surface area is 160 Å². The maximum atomic E-state index is 13.4. The highest BCUT2D eigenvalue weighted by molar-refractivity contribution is 7.22.